The van der Waals surface area contributed by atoms with Crippen molar-refractivity contribution in [3.8, 4) is 11.5 Å². The summed E-state index contributed by atoms with van der Waals surface area (Å²) < 4.78 is 37.1. The average Bonchev–Trinajstić information content (AvgIpc) is 2.71. The summed E-state index contributed by atoms with van der Waals surface area (Å²) in [5.74, 6) is -0.917. The maximum absolute atomic E-state index is 13.2. The van der Waals surface area contributed by atoms with E-state index >= 15 is 0 Å². The molecule has 3 aromatic rings. The van der Waals surface area contributed by atoms with Crippen LogP contribution in [0.4, 0.5) is 26.0 Å². The molecule has 7 nitrogen and oxygen atoms in total. The number of nitrogens with zero attached hydrogens (tertiary/aromatic N) is 2. The Bertz CT molecular complexity index is 1030. The Labute approximate surface area is 158 Å². The van der Waals surface area contributed by atoms with Gasteiger partial charge >= 0.3 is 0 Å². The molecular weight excluding hydrogens is 370 g/mol. The third-order valence-corrected chi connectivity index (χ3v) is 3.89. The zero-order valence-electron chi connectivity index (χ0n) is 14.4. The van der Waals surface area contributed by atoms with Gasteiger partial charge in [0, 0.05) is 23.5 Å². The van der Waals surface area contributed by atoms with E-state index < -0.39 is 17.5 Å². The lowest BCUT2D eigenvalue weighted by Crippen LogP contribution is -2.15. The second kappa shape index (κ2) is 7.47. The van der Waals surface area contributed by atoms with Gasteiger partial charge in [-0.05, 0) is 36.4 Å². The van der Waals surface area contributed by atoms with E-state index in [2.05, 4.69) is 20.8 Å². The molecule has 1 amide bonds. The standard InChI is InChI=1S/C19H14F2N4O3/c20-13-3-1-11(9-14(13)21)23-19(26)15-4-6-18(25-24-15)22-12-2-5-16-17(10-12)28-8-7-27-16/h1-6,9-10H,7-8H2,(H,22,25)(H,23,26). The first kappa shape index (κ1) is 17.7. The van der Waals surface area contributed by atoms with Gasteiger partial charge in [0.2, 0.25) is 0 Å². The third-order valence-electron chi connectivity index (χ3n) is 3.89. The molecule has 0 saturated heterocycles. The van der Waals surface area contributed by atoms with Gasteiger partial charge in [-0.3, -0.25) is 4.79 Å². The Kier molecular flexibility index (Phi) is 4.71. The molecule has 0 atom stereocenters. The number of fused-ring (bicyclic) bond motifs is 1. The van der Waals surface area contributed by atoms with E-state index in [0.717, 1.165) is 17.8 Å². The smallest absolute Gasteiger partial charge is 0.276 e. The first-order valence-corrected chi connectivity index (χ1v) is 8.35. The van der Waals surface area contributed by atoms with Gasteiger partial charge in [-0.25, -0.2) is 8.78 Å². The van der Waals surface area contributed by atoms with Crippen LogP contribution in [-0.4, -0.2) is 29.3 Å². The highest BCUT2D eigenvalue weighted by Gasteiger charge is 2.13. The van der Waals surface area contributed by atoms with E-state index in [1.165, 1.54) is 12.1 Å². The monoisotopic (exact) mass is 384 g/mol. The Balaban J connectivity index is 1.43. The summed E-state index contributed by atoms with van der Waals surface area (Å²) in [5.41, 5.74) is 0.860. The zero-order valence-corrected chi connectivity index (χ0v) is 14.4. The SMILES string of the molecule is O=C(Nc1ccc(F)c(F)c1)c1ccc(Nc2ccc3c(c2)OCCO3)nn1. The fourth-order valence-corrected chi connectivity index (χ4v) is 2.56. The molecule has 2 aromatic carbocycles. The van der Waals surface area contributed by atoms with Gasteiger partial charge in [-0.1, -0.05) is 0 Å². The Morgan fingerprint density at radius 2 is 1.64 bits per heavy atom. The topological polar surface area (TPSA) is 85.4 Å². The lowest BCUT2D eigenvalue weighted by atomic mass is 10.2. The van der Waals surface area contributed by atoms with E-state index in [1.54, 1.807) is 24.3 Å². The summed E-state index contributed by atoms with van der Waals surface area (Å²) in [4.78, 5) is 12.2. The van der Waals surface area contributed by atoms with E-state index in [0.29, 0.717) is 30.5 Å². The number of ether oxygens (including phenoxy) is 2. The van der Waals surface area contributed by atoms with Crippen molar-refractivity contribution in [2.75, 3.05) is 23.8 Å². The molecule has 2 N–H and O–H groups in total. The summed E-state index contributed by atoms with van der Waals surface area (Å²) in [6, 6.07) is 11.5. The minimum absolute atomic E-state index is 0.0254. The summed E-state index contributed by atoms with van der Waals surface area (Å²) in [6.45, 7) is 0.997. The summed E-state index contributed by atoms with van der Waals surface area (Å²) in [5, 5.41) is 13.3. The van der Waals surface area contributed by atoms with Crippen LogP contribution in [0.5, 0.6) is 11.5 Å². The van der Waals surface area contributed by atoms with Crippen LogP contribution < -0.4 is 20.1 Å². The summed E-state index contributed by atoms with van der Waals surface area (Å²) >= 11 is 0. The molecule has 0 radical (unpaired) electrons. The highest BCUT2D eigenvalue weighted by Crippen LogP contribution is 2.33. The number of rotatable bonds is 4. The Morgan fingerprint density at radius 1 is 0.857 bits per heavy atom. The van der Waals surface area contributed by atoms with Gasteiger partial charge in [0.15, 0.2) is 34.6 Å². The first-order chi connectivity index (χ1) is 13.6. The lowest BCUT2D eigenvalue weighted by Gasteiger charge is -2.19. The molecule has 0 unspecified atom stereocenters. The fourth-order valence-electron chi connectivity index (χ4n) is 2.56. The van der Waals surface area contributed by atoms with Crippen molar-refractivity contribution in [3.63, 3.8) is 0 Å². The number of hydrogen-bond donors (Lipinski definition) is 2. The van der Waals surface area contributed by atoms with Crippen molar-refractivity contribution in [1.82, 2.24) is 10.2 Å². The maximum Gasteiger partial charge on any atom is 0.276 e. The summed E-state index contributed by atoms with van der Waals surface area (Å²) in [7, 11) is 0. The number of aromatic nitrogens is 2. The first-order valence-electron chi connectivity index (χ1n) is 8.35. The number of amides is 1. The van der Waals surface area contributed by atoms with E-state index in [-0.39, 0.29) is 11.4 Å². The van der Waals surface area contributed by atoms with Crippen LogP contribution in [-0.2, 0) is 0 Å². The Morgan fingerprint density at radius 3 is 2.39 bits per heavy atom. The molecule has 1 aromatic heterocycles. The second-order valence-electron chi connectivity index (χ2n) is 5.87. The zero-order chi connectivity index (χ0) is 19.5. The molecule has 2 heterocycles. The van der Waals surface area contributed by atoms with Crippen molar-refractivity contribution in [2.24, 2.45) is 0 Å². The van der Waals surface area contributed by atoms with Crippen LogP contribution in [0.1, 0.15) is 10.5 Å². The number of hydrogen-bond acceptors (Lipinski definition) is 6. The van der Waals surface area contributed by atoms with Gasteiger partial charge in [0.1, 0.15) is 13.2 Å². The second-order valence-corrected chi connectivity index (χ2v) is 5.87. The molecule has 1 aliphatic rings. The Hall–Kier alpha value is -3.75. The molecular formula is C19H14F2N4O3. The highest BCUT2D eigenvalue weighted by atomic mass is 19.2. The van der Waals surface area contributed by atoms with E-state index in [4.69, 9.17) is 9.47 Å². The number of anilines is 3. The van der Waals surface area contributed by atoms with Crippen LogP contribution in [0, 0.1) is 11.6 Å². The minimum atomic E-state index is -1.05. The third kappa shape index (κ3) is 3.83. The van der Waals surface area contributed by atoms with Crippen LogP contribution in [0.15, 0.2) is 48.5 Å². The average molecular weight is 384 g/mol. The van der Waals surface area contributed by atoms with Crippen LogP contribution >= 0.6 is 0 Å². The summed E-state index contributed by atoms with van der Waals surface area (Å²) in [6.07, 6.45) is 0. The number of carbonyl (C=O) groups is 1. The van der Waals surface area contributed by atoms with Crippen molar-refractivity contribution in [2.45, 2.75) is 0 Å². The predicted octanol–water partition coefficient (Wildman–Crippen LogP) is 3.52. The quantitative estimate of drug-likeness (QED) is 0.716. The normalized spacial score (nSPS) is 12.4. The molecule has 0 spiro atoms. The maximum atomic E-state index is 13.2. The highest BCUT2D eigenvalue weighted by molar-refractivity contribution is 6.02. The molecule has 9 heteroatoms. The van der Waals surface area contributed by atoms with Gasteiger partial charge in [-0.2, -0.15) is 0 Å². The van der Waals surface area contributed by atoms with Gasteiger partial charge in [-0.15, -0.1) is 10.2 Å². The van der Waals surface area contributed by atoms with Crippen molar-refractivity contribution >= 4 is 23.1 Å². The number of nitrogens with one attached hydrogen (secondary N) is 2. The fraction of sp³-hybridized carbons (Fsp3) is 0.105. The lowest BCUT2D eigenvalue weighted by molar-refractivity contribution is 0.102. The van der Waals surface area contributed by atoms with Crippen LogP contribution in [0.3, 0.4) is 0 Å². The molecule has 4 rings (SSSR count). The van der Waals surface area contributed by atoms with Gasteiger partial charge < -0.3 is 20.1 Å². The van der Waals surface area contributed by atoms with Gasteiger partial charge in [0.25, 0.3) is 5.91 Å². The number of carbonyl (C=O) groups excluding carboxylic acids is 1. The molecule has 1 aliphatic heterocycles. The van der Waals surface area contributed by atoms with Crippen LogP contribution in [0.25, 0.3) is 0 Å². The van der Waals surface area contributed by atoms with Crippen molar-refractivity contribution < 1.29 is 23.0 Å². The van der Waals surface area contributed by atoms with Crippen molar-refractivity contribution in [3.05, 3.63) is 65.9 Å². The molecule has 0 fully saturated rings. The van der Waals surface area contributed by atoms with Gasteiger partial charge in [0.05, 0.1) is 0 Å². The minimum Gasteiger partial charge on any atom is -0.486 e. The molecule has 0 bridgehead atoms. The largest absolute Gasteiger partial charge is 0.486 e. The van der Waals surface area contributed by atoms with Crippen molar-refractivity contribution in [1.29, 1.82) is 0 Å². The van der Waals surface area contributed by atoms with Crippen LogP contribution in [0.2, 0.25) is 0 Å². The molecule has 28 heavy (non-hydrogen) atoms. The number of benzene rings is 2. The molecule has 0 saturated carbocycles. The van der Waals surface area contributed by atoms with E-state index in [9.17, 15) is 13.6 Å². The molecule has 0 aliphatic carbocycles. The molecule has 142 valence electrons. The number of halogens is 2. The van der Waals surface area contributed by atoms with E-state index in [1.807, 2.05) is 0 Å². The predicted molar refractivity (Wildman–Crippen MR) is 97.1 cm³/mol.